The van der Waals surface area contributed by atoms with Crippen LogP contribution in [0.2, 0.25) is 0 Å². The summed E-state index contributed by atoms with van der Waals surface area (Å²) in [6, 6.07) is 7.79. The summed E-state index contributed by atoms with van der Waals surface area (Å²) < 4.78 is 0. The number of nitrogens with one attached hydrogen (secondary N) is 3. The van der Waals surface area contributed by atoms with Gasteiger partial charge in [0.05, 0.1) is 6.54 Å². The number of urea groups is 1. The zero-order valence-corrected chi connectivity index (χ0v) is 13.3. The Kier molecular flexibility index (Phi) is 5.81. The molecule has 1 fully saturated rings. The lowest BCUT2D eigenvalue weighted by Crippen LogP contribution is -2.45. The van der Waals surface area contributed by atoms with Crippen molar-refractivity contribution in [2.24, 2.45) is 0 Å². The van der Waals surface area contributed by atoms with Crippen LogP contribution in [0.25, 0.3) is 0 Å². The third kappa shape index (κ3) is 5.06. The molecule has 1 aliphatic carbocycles. The molecule has 1 aromatic rings. The molecule has 3 amide bonds. The van der Waals surface area contributed by atoms with Gasteiger partial charge in [-0.1, -0.05) is 38.8 Å². The monoisotopic (exact) mass is 303 g/mol. The first-order valence-electron chi connectivity index (χ1n) is 7.99. The second-order valence-electron chi connectivity index (χ2n) is 6.13. The molecule has 0 saturated heterocycles. The number of carbonyl (C=O) groups excluding carboxylic acids is 2. The molecule has 0 unspecified atom stereocenters. The van der Waals surface area contributed by atoms with Crippen LogP contribution in [0, 0.1) is 0 Å². The molecule has 22 heavy (non-hydrogen) atoms. The van der Waals surface area contributed by atoms with E-state index in [2.05, 4.69) is 29.8 Å². The van der Waals surface area contributed by atoms with E-state index in [4.69, 9.17) is 0 Å². The second-order valence-corrected chi connectivity index (χ2v) is 6.13. The average Bonchev–Trinajstić information content (AvgIpc) is 2.98. The highest BCUT2D eigenvalue weighted by Crippen LogP contribution is 2.17. The summed E-state index contributed by atoms with van der Waals surface area (Å²) in [5, 5.41) is 8.20. The van der Waals surface area contributed by atoms with Crippen molar-refractivity contribution in [2.45, 2.75) is 51.5 Å². The fraction of sp³-hybridized carbons (Fsp3) is 0.529. The first-order chi connectivity index (χ1) is 10.5. The first kappa shape index (κ1) is 16.3. The van der Waals surface area contributed by atoms with E-state index >= 15 is 0 Å². The van der Waals surface area contributed by atoms with E-state index in [9.17, 15) is 9.59 Å². The summed E-state index contributed by atoms with van der Waals surface area (Å²) in [4.78, 5) is 23.4. The Bertz CT molecular complexity index is 505. The minimum Gasteiger partial charge on any atom is -0.376 e. The van der Waals surface area contributed by atoms with Crippen LogP contribution >= 0.6 is 0 Å². The number of carbonyl (C=O) groups is 2. The Balaban J connectivity index is 1.71. The van der Waals surface area contributed by atoms with Crippen molar-refractivity contribution in [3.8, 4) is 0 Å². The van der Waals surface area contributed by atoms with Gasteiger partial charge in [-0.25, -0.2) is 4.79 Å². The van der Waals surface area contributed by atoms with Gasteiger partial charge in [0, 0.05) is 11.7 Å². The number of imide groups is 1. The fourth-order valence-electron chi connectivity index (χ4n) is 2.63. The Morgan fingerprint density at radius 3 is 2.36 bits per heavy atom. The van der Waals surface area contributed by atoms with Gasteiger partial charge in [0.1, 0.15) is 0 Å². The Hall–Kier alpha value is -2.04. The molecule has 0 spiro atoms. The van der Waals surface area contributed by atoms with Gasteiger partial charge < -0.3 is 10.6 Å². The quantitative estimate of drug-likeness (QED) is 0.783. The molecule has 5 heteroatoms. The Morgan fingerprint density at radius 1 is 1.14 bits per heavy atom. The van der Waals surface area contributed by atoms with E-state index in [0.717, 1.165) is 31.4 Å². The molecule has 1 saturated carbocycles. The molecular formula is C17H25N3O2. The van der Waals surface area contributed by atoms with Crippen LogP contribution in [-0.2, 0) is 4.79 Å². The molecular weight excluding hydrogens is 278 g/mol. The number of hydrogen-bond donors (Lipinski definition) is 3. The van der Waals surface area contributed by atoms with Gasteiger partial charge in [0.2, 0.25) is 5.91 Å². The third-order valence-electron chi connectivity index (χ3n) is 3.97. The molecule has 0 heterocycles. The van der Waals surface area contributed by atoms with Gasteiger partial charge >= 0.3 is 6.03 Å². The smallest absolute Gasteiger partial charge is 0.321 e. The van der Waals surface area contributed by atoms with Crippen molar-refractivity contribution < 1.29 is 9.59 Å². The zero-order valence-electron chi connectivity index (χ0n) is 13.3. The van der Waals surface area contributed by atoms with Crippen molar-refractivity contribution in [1.82, 2.24) is 10.6 Å². The summed E-state index contributed by atoms with van der Waals surface area (Å²) in [6.45, 7) is 4.36. The number of amides is 3. The second kappa shape index (κ2) is 7.82. The van der Waals surface area contributed by atoms with Crippen LogP contribution in [0.3, 0.4) is 0 Å². The predicted molar refractivity (Wildman–Crippen MR) is 88.0 cm³/mol. The molecule has 0 atom stereocenters. The van der Waals surface area contributed by atoms with Crippen molar-refractivity contribution in [2.75, 3.05) is 11.9 Å². The van der Waals surface area contributed by atoms with Crippen LogP contribution in [0.4, 0.5) is 10.5 Å². The lowest BCUT2D eigenvalue weighted by Gasteiger charge is -2.13. The molecule has 2 rings (SSSR count). The molecule has 0 aromatic heterocycles. The van der Waals surface area contributed by atoms with Gasteiger partial charge in [-0.15, -0.1) is 0 Å². The van der Waals surface area contributed by atoms with Crippen molar-refractivity contribution in [3.05, 3.63) is 29.8 Å². The summed E-state index contributed by atoms with van der Waals surface area (Å²) in [7, 11) is 0. The lowest BCUT2D eigenvalue weighted by molar-refractivity contribution is -0.118. The van der Waals surface area contributed by atoms with E-state index < -0.39 is 6.03 Å². The lowest BCUT2D eigenvalue weighted by atomic mass is 10.0. The van der Waals surface area contributed by atoms with Crippen molar-refractivity contribution in [3.63, 3.8) is 0 Å². The topological polar surface area (TPSA) is 70.2 Å². The summed E-state index contributed by atoms with van der Waals surface area (Å²) in [5.41, 5.74) is 2.13. The van der Waals surface area contributed by atoms with Crippen molar-refractivity contribution in [1.29, 1.82) is 0 Å². The SMILES string of the molecule is CC(C)c1ccc(NCC(=O)NC(=O)NC2CCCC2)cc1. The standard InChI is InChI=1S/C17H25N3O2/c1-12(2)13-7-9-14(10-8-13)18-11-16(21)20-17(22)19-15-5-3-4-6-15/h7-10,12,15,18H,3-6,11H2,1-2H3,(H2,19,20,21,22). The number of hydrogen-bond acceptors (Lipinski definition) is 3. The maximum absolute atomic E-state index is 11.7. The highest BCUT2D eigenvalue weighted by molar-refractivity contribution is 5.96. The molecule has 1 aromatic carbocycles. The average molecular weight is 303 g/mol. The number of rotatable bonds is 5. The molecule has 1 aliphatic rings. The van der Waals surface area contributed by atoms with Gasteiger partial charge in [0.15, 0.2) is 0 Å². The molecule has 120 valence electrons. The van der Waals surface area contributed by atoms with Crippen LogP contribution < -0.4 is 16.0 Å². The van der Waals surface area contributed by atoms with Gasteiger partial charge in [-0.05, 0) is 36.5 Å². The normalized spacial score (nSPS) is 14.9. The van der Waals surface area contributed by atoms with Crippen LogP contribution in [0.1, 0.15) is 51.0 Å². The van der Waals surface area contributed by atoms with E-state index in [0.29, 0.717) is 5.92 Å². The van der Waals surface area contributed by atoms with E-state index in [-0.39, 0.29) is 18.5 Å². The molecule has 0 radical (unpaired) electrons. The number of benzene rings is 1. The highest BCUT2D eigenvalue weighted by atomic mass is 16.2. The maximum Gasteiger partial charge on any atom is 0.321 e. The molecule has 3 N–H and O–H groups in total. The molecule has 0 bridgehead atoms. The highest BCUT2D eigenvalue weighted by Gasteiger charge is 2.17. The van der Waals surface area contributed by atoms with Gasteiger partial charge in [-0.2, -0.15) is 0 Å². The minimum atomic E-state index is -0.395. The van der Waals surface area contributed by atoms with E-state index in [1.165, 1.54) is 5.56 Å². The van der Waals surface area contributed by atoms with Crippen LogP contribution in [0.5, 0.6) is 0 Å². The maximum atomic E-state index is 11.7. The van der Waals surface area contributed by atoms with Crippen LogP contribution in [0.15, 0.2) is 24.3 Å². The summed E-state index contributed by atoms with van der Waals surface area (Å²) in [6.07, 6.45) is 4.30. The van der Waals surface area contributed by atoms with Gasteiger partial charge in [0.25, 0.3) is 0 Å². The first-order valence-corrected chi connectivity index (χ1v) is 7.99. The van der Waals surface area contributed by atoms with Gasteiger partial charge in [-0.3, -0.25) is 10.1 Å². The largest absolute Gasteiger partial charge is 0.376 e. The zero-order chi connectivity index (χ0) is 15.9. The molecule has 0 aliphatic heterocycles. The number of anilines is 1. The molecule has 5 nitrogen and oxygen atoms in total. The summed E-state index contributed by atoms with van der Waals surface area (Å²) >= 11 is 0. The van der Waals surface area contributed by atoms with E-state index in [1.54, 1.807) is 0 Å². The van der Waals surface area contributed by atoms with Crippen molar-refractivity contribution >= 4 is 17.6 Å². The predicted octanol–water partition coefficient (Wildman–Crippen LogP) is 2.99. The fourth-order valence-corrected chi connectivity index (χ4v) is 2.63. The van der Waals surface area contributed by atoms with E-state index in [1.807, 2.05) is 24.3 Å². The Morgan fingerprint density at radius 2 is 1.77 bits per heavy atom. The Labute approximate surface area is 131 Å². The van der Waals surface area contributed by atoms with Crippen LogP contribution in [-0.4, -0.2) is 24.5 Å². The minimum absolute atomic E-state index is 0.0825. The third-order valence-corrected chi connectivity index (χ3v) is 3.97. The summed E-state index contributed by atoms with van der Waals surface area (Å²) in [5.74, 6) is 0.153.